The van der Waals surface area contributed by atoms with Crippen molar-refractivity contribution in [3.8, 4) is 0 Å². The summed E-state index contributed by atoms with van der Waals surface area (Å²) in [6.07, 6.45) is 1.91. The van der Waals surface area contributed by atoms with Crippen molar-refractivity contribution < 1.29 is 14.6 Å². The Kier molecular flexibility index (Phi) is 4.68. The van der Waals surface area contributed by atoms with Gasteiger partial charge in [-0.25, -0.2) is 0 Å². The van der Waals surface area contributed by atoms with E-state index in [0.717, 1.165) is 18.8 Å². The summed E-state index contributed by atoms with van der Waals surface area (Å²) in [5, 5.41) is 13.5. The number of carbonyl (C=O) groups is 1. The molecule has 1 aliphatic heterocycles. The lowest BCUT2D eigenvalue weighted by Gasteiger charge is -2.32. The monoisotopic (exact) mass is 295 g/mol. The summed E-state index contributed by atoms with van der Waals surface area (Å²) < 4.78 is 7.37. The van der Waals surface area contributed by atoms with Gasteiger partial charge in [0.05, 0.1) is 24.8 Å². The molecule has 1 atom stereocenters. The second kappa shape index (κ2) is 6.15. The molecule has 0 aromatic carbocycles. The van der Waals surface area contributed by atoms with Crippen molar-refractivity contribution in [1.29, 1.82) is 0 Å². The van der Waals surface area contributed by atoms with Crippen LogP contribution in [0.3, 0.4) is 0 Å². The number of hydrogen-bond donors (Lipinski definition) is 1. The molecular formula is C15H25N3O3. The summed E-state index contributed by atoms with van der Waals surface area (Å²) in [6, 6.07) is 0. The van der Waals surface area contributed by atoms with E-state index < -0.39 is 5.97 Å². The second-order valence-corrected chi connectivity index (χ2v) is 6.75. The van der Waals surface area contributed by atoms with Crippen LogP contribution < -0.4 is 0 Å². The van der Waals surface area contributed by atoms with Crippen LogP contribution in [0, 0.1) is 0 Å². The zero-order valence-corrected chi connectivity index (χ0v) is 13.3. The molecule has 1 N–H and O–H groups in total. The lowest BCUT2D eigenvalue weighted by atomic mass is 9.89. The van der Waals surface area contributed by atoms with Gasteiger partial charge in [0.15, 0.2) is 0 Å². The Hall–Kier alpha value is -1.40. The van der Waals surface area contributed by atoms with E-state index in [2.05, 4.69) is 37.0 Å². The molecule has 118 valence electrons. The van der Waals surface area contributed by atoms with Gasteiger partial charge in [-0.1, -0.05) is 20.8 Å². The van der Waals surface area contributed by atoms with Crippen molar-refractivity contribution in [2.24, 2.45) is 7.05 Å². The van der Waals surface area contributed by atoms with E-state index in [4.69, 9.17) is 9.84 Å². The number of aliphatic carboxylic acids is 1. The summed E-state index contributed by atoms with van der Waals surface area (Å²) in [4.78, 5) is 13.1. The summed E-state index contributed by atoms with van der Waals surface area (Å²) in [6.45, 7) is 9.34. The van der Waals surface area contributed by atoms with Gasteiger partial charge in [0.25, 0.3) is 0 Å². The first-order valence-electron chi connectivity index (χ1n) is 7.34. The van der Waals surface area contributed by atoms with Gasteiger partial charge < -0.3 is 9.84 Å². The second-order valence-electron chi connectivity index (χ2n) is 6.75. The molecule has 6 nitrogen and oxygen atoms in total. The lowest BCUT2D eigenvalue weighted by molar-refractivity contribution is -0.142. The fraction of sp³-hybridized carbons (Fsp3) is 0.733. The van der Waals surface area contributed by atoms with Crippen LogP contribution in [0.15, 0.2) is 6.20 Å². The van der Waals surface area contributed by atoms with Crippen molar-refractivity contribution in [3.05, 3.63) is 17.5 Å². The summed E-state index contributed by atoms with van der Waals surface area (Å²) in [5.74, 6) is -0.807. The lowest BCUT2D eigenvalue weighted by Crippen LogP contribution is -2.43. The number of carboxylic acid groups (broad SMARTS) is 1. The summed E-state index contributed by atoms with van der Waals surface area (Å²) >= 11 is 0. The molecule has 0 bridgehead atoms. The third kappa shape index (κ3) is 4.28. The quantitative estimate of drug-likeness (QED) is 0.909. The largest absolute Gasteiger partial charge is 0.481 e. The van der Waals surface area contributed by atoms with Gasteiger partial charge in [-0.2, -0.15) is 5.10 Å². The Balaban J connectivity index is 2.06. The van der Waals surface area contributed by atoms with Crippen LogP contribution in [0.1, 0.15) is 38.4 Å². The molecule has 1 aliphatic rings. The predicted octanol–water partition coefficient (Wildman–Crippen LogP) is 1.39. The van der Waals surface area contributed by atoms with E-state index in [-0.39, 0.29) is 17.9 Å². The van der Waals surface area contributed by atoms with Gasteiger partial charge in [0.1, 0.15) is 0 Å². The minimum atomic E-state index is -0.807. The van der Waals surface area contributed by atoms with E-state index in [0.29, 0.717) is 13.2 Å². The fourth-order valence-corrected chi connectivity index (χ4v) is 2.77. The van der Waals surface area contributed by atoms with Crippen LogP contribution in [0.4, 0.5) is 0 Å². The maximum absolute atomic E-state index is 10.8. The molecule has 0 spiro atoms. The maximum Gasteiger partial charge on any atom is 0.306 e. The third-order valence-electron chi connectivity index (χ3n) is 3.63. The van der Waals surface area contributed by atoms with E-state index in [1.807, 2.05) is 11.7 Å². The van der Waals surface area contributed by atoms with Gasteiger partial charge in [-0.05, 0) is 0 Å². The van der Waals surface area contributed by atoms with Crippen LogP contribution in [0.5, 0.6) is 0 Å². The molecule has 2 rings (SSSR count). The van der Waals surface area contributed by atoms with Crippen LogP contribution in [-0.2, 0) is 28.5 Å². The minimum absolute atomic E-state index is 0.00332. The molecule has 1 unspecified atom stereocenters. The SMILES string of the molecule is Cn1cc(CN2CCOC(CC(=O)O)C2)c(C(C)(C)C)n1. The van der Waals surface area contributed by atoms with Crippen molar-refractivity contribution in [1.82, 2.24) is 14.7 Å². The molecule has 1 fully saturated rings. The van der Waals surface area contributed by atoms with E-state index in [9.17, 15) is 4.79 Å². The van der Waals surface area contributed by atoms with Crippen LogP contribution in [-0.4, -0.2) is 51.6 Å². The van der Waals surface area contributed by atoms with Crippen molar-refractivity contribution in [2.75, 3.05) is 19.7 Å². The average Bonchev–Trinajstić information content (AvgIpc) is 2.69. The van der Waals surface area contributed by atoms with Crippen molar-refractivity contribution in [3.63, 3.8) is 0 Å². The predicted molar refractivity (Wildman–Crippen MR) is 79.2 cm³/mol. The molecule has 1 aromatic rings. The molecule has 0 amide bonds. The number of aromatic nitrogens is 2. The highest BCUT2D eigenvalue weighted by atomic mass is 16.5. The van der Waals surface area contributed by atoms with E-state index in [1.165, 1.54) is 5.56 Å². The molecule has 0 saturated carbocycles. The van der Waals surface area contributed by atoms with E-state index in [1.54, 1.807) is 0 Å². The Morgan fingerprint density at radius 3 is 2.86 bits per heavy atom. The summed E-state index contributed by atoms with van der Waals surface area (Å²) in [5.41, 5.74) is 2.32. The van der Waals surface area contributed by atoms with Crippen LogP contribution in [0.2, 0.25) is 0 Å². The molecule has 21 heavy (non-hydrogen) atoms. The average molecular weight is 295 g/mol. The normalized spacial score (nSPS) is 20.7. The highest BCUT2D eigenvalue weighted by Crippen LogP contribution is 2.25. The Bertz CT molecular complexity index is 505. The minimum Gasteiger partial charge on any atom is -0.481 e. The number of morpholine rings is 1. The molecule has 0 aliphatic carbocycles. The van der Waals surface area contributed by atoms with Gasteiger partial charge in [-0.15, -0.1) is 0 Å². The number of aryl methyl sites for hydroxylation is 1. The molecule has 2 heterocycles. The van der Waals surface area contributed by atoms with Gasteiger partial charge in [-0.3, -0.25) is 14.4 Å². The molecule has 6 heteroatoms. The molecular weight excluding hydrogens is 270 g/mol. The van der Waals surface area contributed by atoms with Crippen LogP contribution in [0.25, 0.3) is 0 Å². The zero-order chi connectivity index (χ0) is 15.6. The first kappa shape index (κ1) is 16.0. The topological polar surface area (TPSA) is 67.6 Å². The number of ether oxygens (including phenoxy) is 1. The molecule has 1 aromatic heterocycles. The van der Waals surface area contributed by atoms with Crippen molar-refractivity contribution >= 4 is 5.97 Å². The van der Waals surface area contributed by atoms with Crippen LogP contribution >= 0.6 is 0 Å². The Morgan fingerprint density at radius 1 is 1.52 bits per heavy atom. The van der Waals surface area contributed by atoms with Gasteiger partial charge in [0, 0.05) is 43.9 Å². The number of carboxylic acids is 1. The van der Waals surface area contributed by atoms with Crippen molar-refractivity contribution in [2.45, 2.75) is 45.3 Å². The van der Waals surface area contributed by atoms with Gasteiger partial charge >= 0.3 is 5.97 Å². The maximum atomic E-state index is 10.8. The Morgan fingerprint density at radius 2 is 2.24 bits per heavy atom. The number of hydrogen-bond acceptors (Lipinski definition) is 4. The highest BCUT2D eigenvalue weighted by molar-refractivity contribution is 5.67. The fourth-order valence-electron chi connectivity index (χ4n) is 2.77. The highest BCUT2D eigenvalue weighted by Gasteiger charge is 2.26. The number of nitrogens with zero attached hydrogens (tertiary/aromatic N) is 3. The zero-order valence-electron chi connectivity index (χ0n) is 13.3. The van der Waals surface area contributed by atoms with Gasteiger partial charge in [0.2, 0.25) is 0 Å². The third-order valence-corrected chi connectivity index (χ3v) is 3.63. The van der Waals surface area contributed by atoms with E-state index >= 15 is 0 Å². The standard InChI is InChI=1S/C15H25N3O3/c1-15(2,3)14-11(8-17(4)16-14)9-18-5-6-21-12(10-18)7-13(19)20/h8,12H,5-7,9-10H2,1-4H3,(H,19,20). The molecule has 0 radical (unpaired) electrons. The molecule has 1 saturated heterocycles. The summed E-state index contributed by atoms with van der Waals surface area (Å²) in [7, 11) is 1.94. The first-order valence-corrected chi connectivity index (χ1v) is 7.34. The number of rotatable bonds is 4. The Labute approximate surface area is 125 Å². The first-order chi connectivity index (χ1) is 9.75. The smallest absolute Gasteiger partial charge is 0.306 e.